The Balaban J connectivity index is 2.21. The lowest BCUT2D eigenvalue weighted by atomic mass is 10.1. The average molecular weight is 242 g/mol. The molecule has 90 valence electrons. The van der Waals surface area contributed by atoms with Crippen LogP contribution in [0.15, 0.2) is 47.2 Å². The Morgan fingerprint density at radius 2 is 2.17 bits per heavy atom. The van der Waals surface area contributed by atoms with Crippen molar-refractivity contribution in [2.45, 2.75) is 0 Å². The Morgan fingerprint density at radius 3 is 2.89 bits per heavy atom. The first kappa shape index (κ1) is 11.8. The van der Waals surface area contributed by atoms with Crippen LogP contribution in [0.5, 0.6) is 0 Å². The van der Waals surface area contributed by atoms with E-state index >= 15 is 0 Å². The zero-order chi connectivity index (χ0) is 12.8. The highest BCUT2D eigenvalue weighted by atomic mass is 16.3. The van der Waals surface area contributed by atoms with Gasteiger partial charge in [0.05, 0.1) is 6.20 Å². The highest BCUT2D eigenvalue weighted by molar-refractivity contribution is 6.02. The van der Waals surface area contributed by atoms with Gasteiger partial charge >= 0.3 is 5.91 Å². The summed E-state index contributed by atoms with van der Waals surface area (Å²) in [5.41, 5.74) is 1.31. The van der Waals surface area contributed by atoms with Crippen LogP contribution in [0.2, 0.25) is 0 Å². The minimum atomic E-state index is -0.438. The zero-order valence-corrected chi connectivity index (χ0v) is 9.37. The number of hydrogen-bond donors (Lipinski definition) is 1. The summed E-state index contributed by atoms with van der Waals surface area (Å²) in [6, 6.07) is 7.10. The lowest BCUT2D eigenvalue weighted by molar-refractivity contribution is -0.104. The quantitative estimate of drug-likeness (QED) is 0.658. The number of hydrogen-bond acceptors (Lipinski definition) is 4. The van der Waals surface area contributed by atoms with Crippen LogP contribution in [0, 0.1) is 0 Å². The molecule has 1 amide bonds. The van der Waals surface area contributed by atoms with Crippen LogP contribution in [-0.2, 0) is 4.79 Å². The van der Waals surface area contributed by atoms with E-state index in [0.717, 1.165) is 5.56 Å². The van der Waals surface area contributed by atoms with E-state index in [-0.39, 0.29) is 5.89 Å². The lowest BCUT2D eigenvalue weighted by Crippen LogP contribution is -2.12. The van der Waals surface area contributed by atoms with E-state index in [2.05, 4.69) is 10.3 Å². The summed E-state index contributed by atoms with van der Waals surface area (Å²) in [4.78, 5) is 25.8. The van der Waals surface area contributed by atoms with Crippen molar-refractivity contribution in [1.29, 1.82) is 0 Å². The summed E-state index contributed by atoms with van der Waals surface area (Å²) >= 11 is 0. The molecule has 0 bridgehead atoms. The summed E-state index contributed by atoms with van der Waals surface area (Å²) < 4.78 is 4.89. The normalized spacial score (nSPS) is 10.4. The third-order valence-corrected chi connectivity index (χ3v) is 2.19. The second-order valence-corrected chi connectivity index (χ2v) is 3.37. The molecule has 0 unspecified atom stereocenters. The molecule has 18 heavy (non-hydrogen) atoms. The maximum Gasteiger partial charge on any atom is 0.311 e. The standard InChI is InChI=1S/C13H10N2O3/c16-8-3-5-10-4-1-2-6-11(10)15-12(17)13-14-7-9-18-13/h1-9H,(H,15,17)/b5-3+. The molecular formula is C13H10N2O3. The van der Waals surface area contributed by atoms with Gasteiger partial charge in [-0.1, -0.05) is 18.2 Å². The molecule has 5 nitrogen and oxygen atoms in total. The van der Waals surface area contributed by atoms with Gasteiger partial charge in [0.15, 0.2) is 0 Å². The first-order valence-corrected chi connectivity index (χ1v) is 5.23. The van der Waals surface area contributed by atoms with Gasteiger partial charge in [-0.05, 0) is 23.8 Å². The van der Waals surface area contributed by atoms with Crippen molar-refractivity contribution in [1.82, 2.24) is 4.98 Å². The first-order chi connectivity index (χ1) is 8.81. The summed E-state index contributed by atoms with van der Waals surface area (Å²) in [6.45, 7) is 0. The fourth-order valence-electron chi connectivity index (χ4n) is 1.41. The largest absolute Gasteiger partial charge is 0.441 e. The molecule has 0 aliphatic carbocycles. The molecule has 1 aromatic carbocycles. The maximum absolute atomic E-state index is 11.7. The van der Waals surface area contributed by atoms with E-state index in [1.54, 1.807) is 24.3 Å². The Kier molecular flexibility index (Phi) is 3.66. The number of carbonyl (C=O) groups is 2. The molecule has 1 heterocycles. The molecule has 5 heteroatoms. The number of nitrogens with zero attached hydrogens (tertiary/aromatic N) is 1. The minimum absolute atomic E-state index is 0.0100. The number of anilines is 1. The van der Waals surface area contributed by atoms with Crippen LogP contribution in [0.25, 0.3) is 6.08 Å². The van der Waals surface area contributed by atoms with Crippen molar-refractivity contribution in [2.75, 3.05) is 5.32 Å². The predicted octanol–water partition coefficient (Wildman–Crippen LogP) is 2.14. The molecule has 0 saturated carbocycles. The second-order valence-electron chi connectivity index (χ2n) is 3.37. The fourth-order valence-corrected chi connectivity index (χ4v) is 1.41. The van der Waals surface area contributed by atoms with Gasteiger partial charge in [0.1, 0.15) is 12.5 Å². The Morgan fingerprint density at radius 1 is 1.33 bits per heavy atom. The maximum atomic E-state index is 11.7. The SMILES string of the molecule is O=C/C=C/c1ccccc1NC(=O)c1ncco1. The molecule has 0 saturated heterocycles. The van der Waals surface area contributed by atoms with Gasteiger partial charge in [-0.15, -0.1) is 0 Å². The summed E-state index contributed by atoms with van der Waals surface area (Å²) in [5.74, 6) is -0.448. The summed E-state index contributed by atoms with van der Waals surface area (Å²) in [7, 11) is 0. The third kappa shape index (κ3) is 2.70. The van der Waals surface area contributed by atoms with Gasteiger partial charge in [0, 0.05) is 5.69 Å². The van der Waals surface area contributed by atoms with Crippen LogP contribution in [0.1, 0.15) is 16.2 Å². The molecule has 0 aliphatic rings. The number of benzene rings is 1. The van der Waals surface area contributed by atoms with Crippen molar-refractivity contribution in [3.8, 4) is 0 Å². The van der Waals surface area contributed by atoms with Crippen LogP contribution in [-0.4, -0.2) is 17.2 Å². The Labute approximate surface area is 103 Å². The molecule has 2 rings (SSSR count). The smallest absolute Gasteiger partial charge is 0.311 e. The number of aldehydes is 1. The number of nitrogens with one attached hydrogen (secondary N) is 1. The van der Waals surface area contributed by atoms with E-state index in [4.69, 9.17) is 4.42 Å². The van der Waals surface area contributed by atoms with E-state index in [1.807, 2.05) is 6.07 Å². The minimum Gasteiger partial charge on any atom is -0.441 e. The van der Waals surface area contributed by atoms with Crippen molar-refractivity contribution in [3.05, 3.63) is 54.3 Å². The number of rotatable bonds is 4. The number of carbonyl (C=O) groups excluding carboxylic acids is 2. The van der Waals surface area contributed by atoms with Crippen molar-refractivity contribution < 1.29 is 14.0 Å². The Hall–Kier alpha value is -2.69. The third-order valence-electron chi connectivity index (χ3n) is 2.19. The predicted molar refractivity (Wildman–Crippen MR) is 66.0 cm³/mol. The monoisotopic (exact) mass is 242 g/mol. The number of allylic oxidation sites excluding steroid dienone is 1. The average Bonchev–Trinajstić information content (AvgIpc) is 2.91. The van der Waals surface area contributed by atoms with Crippen LogP contribution >= 0.6 is 0 Å². The van der Waals surface area contributed by atoms with E-state index in [9.17, 15) is 9.59 Å². The van der Waals surface area contributed by atoms with E-state index < -0.39 is 5.91 Å². The molecular weight excluding hydrogens is 232 g/mol. The van der Waals surface area contributed by atoms with Gasteiger partial charge in [-0.2, -0.15) is 0 Å². The van der Waals surface area contributed by atoms with Crippen molar-refractivity contribution in [2.24, 2.45) is 0 Å². The summed E-state index contributed by atoms with van der Waals surface area (Å²) in [5, 5.41) is 2.66. The van der Waals surface area contributed by atoms with Crippen LogP contribution < -0.4 is 5.32 Å². The van der Waals surface area contributed by atoms with Crippen molar-refractivity contribution in [3.63, 3.8) is 0 Å². The zero-order valence-electron chi connectivity index (χ0n) is 9.37. The molecule has 0 aliphatic heterocycles. The molecule has 1 aromatic heterocycles. The van der Waals surface area contributed by atoms with Gasteiger partial charge in [-0.3, -0.25) is 9.59 Å². The van der Waals surface area contributed by atoms with E-state index in [0.29, 0.717) is 12.0 Å². The highest BCUT2D eigenvalue weighted by Crippen LogP contribution is 2.17. The number of aromatic nitrogens is 1. The van der Waals surface area contributed by atoms with Gasteiger partial charge in [-0.25, -0.2) is 4.98 Å². The molecule has 0 radical (unpaired) electrons. The number of oxazole rings is 1. The van der Waals surface area contributed by atoms with Gasteiger partial charge < -0.3 is 9.73 Å². The molecule has 0 spiro atoms. The lowest BCUT2D eigenvalue weighted by Gasteiger charge is -2.06. The number of amides is 1. The highest BCUT2D eigenvalue weighted by Gasteiger charge is 2.11. The second kappa shape index (κ2) is 5.58. The van der Waals surface area contributed by atoms with E-state index in [1.165, 1.54) is 18.5 Å². The number of para-hydroxylation sites is 1. The molecule has 0 fully saturated rings. The van der Waals surface area contributed by atoms with Gasteiger partial charge in [0.25, 0.3) is 5.89 Å². The van der Waals surface area contributed by atoms with Crippen LogP contribution in [0.3, 0.4) is 0 Å². The summed E-state index contributed by atoms with van der Waals surface area (Å²) in [6.07, 6.45) is 6.36. The van der Waals surface area contributed by atoms with Crippen molar-refractivity contribution >= 4 is 24.0 Å². The van der Waals surface area contributed by atoms with Gasteiger partial charge in [0.2, 0.25) is 0 Å². The molecule has 1 N–H and O–H groups in total. The van der Waals surface area contributed by atoms with Crippen LogP contribution in [0.4, 0.5) is 5.69 Å². The molecule has 2 aromatic rings. The topological polar surface area (TPSA) is 72.2 Å². The fraction of sp³-hybridized carbons (Fsp3) is 0. The first-order valence-electron chi connectivity index (χ1n) is 5.23. The Bertz CT molecular complexity index is 574. The molecule has 0 atom stereocenters.